The highest BCUT2D eigenvalue weighted by Crippen LogP contribution is 2.30. The molecule has 7 heteroatoms. The summed E-state index contributed by atoms with van der Waals surface area (Å²) in [7, 11) is 0. The van der Waals surface area contributed by atoms with E-state index in [4.69, 9.17) is 0 Å². The van der Waals surface area contributed by atoms with Gasteiger partial charge in [-0.05, 0) is 79.0 Å². The van der Waals surface area contributed by atoms with E-state index in [0.29, 0.717) is 12.1 Å². The SMILES string of the molecule is O=c1c2cccn2c2ccccc2n1CCCCN1CCN(C(c2ccc(F)cc2)c2ccc(F)cc2)CC1. The van der Waals surface area contributed by atoms with E-state index >= 15 is 0 Å². The van der Waals surface area contributed by atoms with Gasteiger partial charge in [-0.15, -0.1) is 0 Å². The summed E-state index contributed by atoms with van der Waals surface area (Å²) in [6.45, 7) is 5.27. The van der Waals surface area contributed by atoms with E-state index in [1.165, 1.54) is 24.3 Å². The van der Waals surface area contributed by atoms with Gasteiger partial charge in [-0.3, -0.25) is 9.69 Å². The standard InChI is InChI=1S/C32H32F2N4O/c33-26-13-9-24(10-14-26)31(25-11-15-27(34)16-12-25)36-22-20-35(21-23-36)17-3-4-18-38-29-7-2-1-6-28(29)37-19-5-8-30(37)32(38)39/h1-2,5-16,19,31H,3-4,17-18,20-23H2. The molecule has 200 valence electrons. The van der Waals surface area contributed by atoms with Gasteiger partial charge in [-0.1, -0.05) is 36.4 Å². The number of halogens is 2. The molecule has 1 fully saturated rings. The molecule has 3 heterocycles. The predicted molar refractivity (Wildman–Crippen MR) is 151 cm³/mol. The fourth-order valence-electron chi connectivity index (χ4n) is 5.89. The van der Waals surface area contributed by atoms with Crippen molar-refractivity contribution in [3.63, 3.8) is 0 Å². The lowest BCUT2D eigenvalue weighted by Gasteiger charge is -2.40. The summed E-state index contributed by atoms with van der Waals surface area (Å²) < 4.78 is 31.1. The Balaban J connectivity index is 1.08. The van der Waals surface area contributed by atoms with Crippen molar-refractivity contribution in [3.05, 3.63) is 124 Å². The van der Waals surface area contributed by atoms with E-state index in [9.17, 15) is 13.6 Å². The van der Waals surface area contributed by atoms with E-state index in [2.05, 4.69) is 15.9 Å². The van der Waals surface area contributed by atoms with Crippen LogP contribution in [-0.2, 0) is 6.54 Å². The van der Waals surface area contributed by atoms with Crippen LogP contribution in [0.15, 0.2) is 95.9 Å². The number of unbranched alkanes of at least 4 members (excludes halogenated alkanes) is 1. The first-order chi connectivity index (χ1) is 19.1. The molecule has 0 amide bonds. The van der Waals surface area contributed by atoms with Gasteiger partial charge in [0.25, 0.3) is 5.56 Å². The molecule has 0 unspecified atom stereocenters. The summed E-state index contributed by atoms with van der Waals surface area (Å²) in [5.41, 5.74) is 4.79. The number of rotatable bonds is 8. The molecule has 1 aliphatic rings. The zero-order valence-corrected chi connectivity index (χ0v) is 21.8. The topological polar surface area (TPSA) is 32.9 Å². The normalized spacial score (nSPS) is 15.1. The molecule has 0 aliphatic carbocycles. The molecule has 3 aromatic carbocycles. The first-order valence-corrected chi connectivity index (χ1v) is 13.6. The van der Waals surface area contributed by atoms with E-state index in [0.717, 1.165) is 67.7 Å². The minimum Gasteiger partial charge on any atom is -0.310 e. The number of nitrogens with zero attached hydrogens (tertiary/aromatic N) is 4. The van der Waals surface area contributed by atoms with Crippen molar-refractivity contribution in [1.82, 2.24) is 18.8 Å². The summed E-state index contributed by atoms with van der Waals surface area (Å²) in [6, 6.07) is 25.1. The van der Waals surface area contributed by atoms with Crippen molar-refractivity contribution < 1.29 is 8.78 Å². The van der Waals surface area contributed by atoms with Crippen LogP contribution < -0.4 is 5.56 Å². The zero-order chi connectivity index (χ0) is 26.8. The Kier molecular flexibility index (Phi) is 7.26. The number of hydrogen-bond donors (Lipinski definition) is 0. The van der Waals surface area contributed by atoms with Gasteiger partial charge < -0.3 is 13.9 Å². The van der Waals surface area contributed by atoms with Gasteiger partial charge in [0.15, 0.2) is 0 Å². The summed E-state index contributed by atoms with van der Waals surface area (Å²) in [5.74, 6) is -0.518. The summed E-state index contributed by atoms with van der Waals surface area (Å²) >= 11 is 0. The maximum Gasteiger partial charge on any atom is 0.275 e. The lowest BCUT2D eigenvalue weighted by atomic mass is 9.96. The second kappa shape index (κ2) is 11.1. The van der Waals surface area contributed by atoms with Crippen molar-refractivity contribution in [2.24, 2.45) is 0 Å². The average Bonchev–Trinajstić information content (AvgIpc) is 3.46. The second-order valence-corrected chi connectivity index (χ2v) is 10.3. The largest absolute Gasteiger partial charge is 0.310 e. The molecular weight excluding hydrogens is 494 g/mol. The summed E-state index contributed by atoms with van der Waals surface area (Å²) in [5, 5.41) is 0. The van der Waals surface area contributed by atoms with Crippen molar-refractivity contribution in [1.29, 1.82) is 0 Å². The van der Waals surface area contributed by atoms with Crippen LogP contribution in [0.4, 0.5) is 8.78 Å². The number of piperazine rings is 1. The smallest absolute Gasteiger partial charge is 0.275 e. The van der Waals surface area contributed by atoms with Gasteiger partial charge in [-0.2, -0.15) is 0 Å². The highest BCUT2D eigenvalue weighted by atomic mass is 19.1. The van der Waals surface area contributed by atoms with Crippen LogP contribution in [0, 0.1) is 11.6 Å². The third-order valence-corrected chi connectivity index (χ3v) is 7.89. The van der Waals surface area contributed by atoms with Gasteiger partial charge in [0.2, 0.25) is 0 Å². The number of para-hydroxylation sites is 2. The molecule has 5 aromatic rings. The van der Waals surface area contributed by atoms with Crippen LogP contribution in [0.1, 0.15) is 30.0 Å². The third-order valence-electron chi connectivity index (χ3n) is 7.89. The fourth-order valence-corrected chi connectivity index (χ4v) is 5.89. The molecule has 0 saturated carbocycles. The van der Waals surface area contributed by atoms with Crippen LogP contribution in [-0.4, -0.2) is 51.5 Å². The second-order valence-electron chi connectivity index (χ2n) is 10.3. The number of hydrogen-bond acceptors (Lipinski definition) is 3. The lowest BCUT2D eigenvalue weighted by Crippen LogP contribution is -2.48. The Morgan fingerprint density at radius 3 is 1.85 bits per heavy atom. The molecule has 1 saturated heterocycles. The van der Waals surface area contributed by atoms with Crippen LogP contribution >= 0.6 is 0 Å². The molecule has 0 radical (unpaired) electrons. The van der Waals surface area contributed by atoms with Gasteiger partial charge in [0.1, 0.15) is 17.2 Å². The van der Waals surface area contributed by atoms with Crippen molar-refractivity contribution in [2.75, 3.05) is 32.7 Å². The van der Waals surface area contributed by atoms with E-state index in [1.54, 1.807) is 0 Å². The number of aromatic nitrogens is 2. The highest BCUT2D eigenvalue weighted by Gasteiger charge is 2.26. The van der Waals surface area contributed by atoms with Crippen molar-refractivity contribution in [3.8, 4) is 0 Å². The average molecular weight is 527 g/mol. The first kappa shape index (κ1) is 25.5. The van der Waals surface area contributed by atoms with Gasteiger partial charge >= 0.3 is 0 Å². The van der Waals surface area contributed by atoms with Crippen LogP contribution in [0.25, 0.3) is 16.6 Å². The zero-order valence-electron chi connectivity index (χ0n) is 21.8. The van der Waals surface area contributed by atoms with Gasteiger partial charge in [0, 0.05) is 38.9 Å². The molecule has 2 aromatic heterocycles. The monoisotopic (exact) mass is 526 g/mol. The van der Waals surface area contributed by atoms with E-state index in [-0.39, 0.29) is 23.2 Å². The van der Waals surface area contributed by atoms with E-state index < -0.39 is 0 Å². The minimum atomic E-state index is -0.259. The maximum atomic E-state index is 13.6. The van der Waals surface area contributed by atoms with Gasteiger partial charge in [0.05, 0.1) is 17.1 Å². The number of fused-ring (bicyclic) bond motifs is 3. The molecule has 0 atom stereocenters. The molecule has 39 heavy (non-hydrogen) atoms. The van der Waals surface area contributed by atoms with Crippen molar-refractivity contribution in [2.45, 2.75) is 25.4 Å². The van der Waals surface area contributed by atoms with Gasteiger partial charge in [-0.25, -0.2) is 8.78 Å². The maximum absolute atomic E-state index is 13.6. The Hall–Kier alpha value is -3.81. The number of aryl methyl sites for hydroxylation is 1. The predicted octanol–water partition coefficient (Wildman–Crippen LogP) is 5.72. The summed E-state index contributed by atoms with van der Waals surface area (Å²) in [6.07, 6.45) is 3.88. The van der Waals surface area contributed by atoms with Crippen LogP contribution in [0.2, 0.25) is 0 Å². The third kappa shape index (κ3) is 5.24. The van der Waals surface area contributed by atoms with Crippen LogP contribution in [0.5, 0.6) is 0 Å². The molecule has 5 nitrogen and oxygen atoms in total. The molecule has 0 spiro atoms. The first-order valence-electron chi connectivity index (χ1n) is 13.6. The fraction of sp³-hybridized carbons (Fsp3) is 0.281. The minimum absolute atomic E-state index is 0.0440. The van der Waals surface area contributed by atoms with E-state index in [1.807, 2.05) is 69.8 Å². The Bertz CT molecular complexity index is 1570. The molecule has 0 bridgehead atoms. The lowest BCUT2D eigenvalue weighted by molar-refractivity contribution is 0.108. The molecular formula is C32H32F2N4O. The Labute approximate surface area is 226 Å². The Morgan fingerprint density at radius 2 is 1.21 bits per heavy atom. The highest BCUT2D eigenvalue weighted by molar-refractivity contribution is 5.79. The molecule has 6 rings (SSSR count). The van der Waals surface area contributed by atoms with Crippen molar-refractivity contribution >= 4 is 16.6 Å². The Morgan fingerprint density at radius 1 is 0.641 bits per heavy atom. The molecule has 1 aliphatic heterocycles. The quantitative estimate of drug-likeness (QED) is 0.243. The number of benzene rings is 3. The summed E-state index contributed by atoms with van der Waals surface area (Å²) in [4.78, 5) is 18.0. The van der Waals surface area contributed by atoms with Crippen LogP contribution in [0.3, 0.4) is 0 Å². The molecule has 0 N–H and O–H groups in total.